The molecule has 3 nitrogen and oxygen atoms in total. The summed E-state index contributed by atoms with van der Waals surface area (Å²) >= 11 is 0. The number of rotatable bonds is 1. The van der Waals surface area contributed by atoms with E-state index in [1.54, 1.807) is 6.07 Å². The molecule has 0 bridgehead atoms. The Balaban J connectivity index is 2.07. The summed E-state index contributed by atoms with van der Waals surface area (Å²) in [4.78, 5) is 5.38. The lowest BCUT2D eigenvalue weighted by Gasteiger charge is -2.41. The third-order valence-corrected chi connectivity index (χ3v) is 3.90. The second kappa shape index (κ2) is 4.05. The van der Waals surface area contributed by atoms with Crippen LogP contribution < -0.4 is 5.48 Å². The van der Waals surface area contributed by atoms with Crippen LogP contribution in [0, 0.1) is 17.7 Å². The molecule has 1 aromatic carbocycles. The molecule has 0 aromatic heterocycles. The summed E-state index contributed by atoms with van der Waals surface area (Å²) in [6.07, 6.45) is 0. The van der Waals surface area contributed by atoms with Crippen molar-refractivity contribution >= 4 is 0 Å². The number of hydrogen-bond donors (Lipinski definition) is 1. The van der Waals surface area contributed by atoms with Crippen LogP contribution in [0.3, 0.4) is 0 Å². The van der Waals surface area contributed by atoms with E-state index in [0.717, 1.165) is 0 Å². The van der Waals surface area contributed by atoms with Crippen molar-refractivity contribution in [2.45, 2.75) is 12.5 Å². The molecule has 4 heteroatoms. The Bertz CT molecular complexity index is 426. The Kier molecular flexibility index (Phi) is 2.65. The highest BCUT2D eigenvalue weighted by Crippen LogP contribution is 2.42. The van der Waals surface area contributed by atoms with Crippen LogP contribution in [0.2, 0.25) is 0 Å². The number of benzene rings is 1. The maximum absolute atomic E-state index is 14.0. The molecule has 3 rings (SSSR count). The van der Waals surface area contributed by atoms with E-state index in [4.69, 9.17) is 9.57 Å². The van der Waals surface area contributed by atoms with Crippen molar-refractivity contribution in [2.75, 3.05) is 19.8 Å². The molecule has 2 saturated heterocycles. The van der Waals surface area contributed by atoms with Gasteiger partial charge in [0.05, 0.1) is 18.8 Å². The maximum Gasteiger partial charge on any atom is 0.128 e. The Morgan fingerprint density at radius 1 is 1.35 bits per heavy atom. The molecule has 2 aliphatic heterocycles. The first-order valence-electron chi connectivity index (χ1n) is 5.96. The van der Waals surface area contributed by atoms with Crippen LogP contribution in [-0.4, -0.2) is 19.8 Å². The van der Waals surface area contributed by atoms with E-state index in [2.05, 4.69) is 12.4 Å². The summed E-state index contributed by atoms with van der Waals surface area (Å²) in [6, 6.07) is 6.85. The van der Waals surface area contributed by atoms with Crippen molar-refractivity contribution in [1.29, 1.82) is 0 Å². The van der Waals surface area contributed by atoms with Crippen molar-refractivity contribution < 1.29 is 14.0 Å². The molecule has 0 spiro atoms. The molecule has 0 amide bonds. The number of ether oxygens (including phenoxy) is 1. The molecule has 0 radical (unpaired) electrons. The first kappa shape index (κ1) is 11.1. The molecule has 1 unspecified atom stereocenters. The zero-order valence-electron chi connectivity index (χ0n) is 9.78. The molecule has 1 aromatic rings. The van der Waals surface area contributed by atoms with E-state index >= 15 is 0 Å². The summed E-state index contributed by atoms with van der Waals surface area (Å²) < 4.78 is 19.6. The largest absolute Gasteiger partial charge is 0.379 e. The summed E-state index contributed by atoms with van der Waals surface area (Å²) in [7, 11) is 0. The van der Waals surface area contributed by atoms with Gasteiger partial charge in [0.1, 0.15) is 5.82 Å². The number of nitrogens with one attached hydrogen (secondary N) is 1. The average Bonchev–Trinajstić information content (AvgIpc) is 2.76. The standard InChI is InChI=1S/C13H16FNO2/c1-9-6-16-8-13(11(9)7-17-15-13)10-4-2-3-5-12(10)14/h2-5,9,11,15H,6-8H2,1H3/t9?,11-,13-/m1/s1. The minimum Gasteiger partial charge on any atom is -0.379 e. The fourth-order valence-corrected chi connectivity index (χ4v) is 2.94. The lowest BCUT2D eigenvalue weighted by atomic mass is 9.73. The van der Waals surface area contributed by atoms with E-state index in [1.807, 2.05) is 12.1 Å². The number of halogens is 1. The van der Waals surface area contributed by atoms with Crippen molar-refractivity contribution in [1.82, 2.24) is 5.48 Å². The van der Waals surface area contributed by atoms with Crippen LogP contribution >= 0.6 is 0 Å². The highest BCUT2D eigenvalue weighted by atomic mass is 19.1. The maximum atomic E-state index is 14.0. The zero-order chi connectivity index (χ0) is 11.9. The molecule has 2 heterocycles. The van der Waals surface area contributed by atoms with Crippen LogP contribution in [-0.2, 0) is 15.1 Å². The van der Waals surface area contributed by atoms with Crippen molar-refractivity contribution in [2.24, 2.45) is 11.8 Å². The molecule has 0 aliphatic carbocycles. The van der Waals surface area contributed by atoms with E-state index < -0.39 is 5.54 Å². The van der Waals surface area contributed by atoms with Gasteiger partial charge in [0.2, 0.25) is 0 Å². The lowest BCUT2D eigenvalue weighted by molar-refractivity contribution is -0.0476. The van der Waals surface area contributed by atoms with Crippen LogP contribution in [0.1, 0.15) is 12.5 Å². The van der Waals surface area contributed by atoms with Gasteiger partial charge in [-0.2, -0.15) is 5.48 Å². The number of hydrogen-bond acceptors (Lipinski definition) is 3. The monoisotopic (exact) mass is 237 g/mol. The molecule has 2 fully saturated rings. The Labute approximate surface area is 99.9 Å². The third-order valence-electron chi connectivity index (χ3n) is 3.90. The van der Waals surface area contributed by atoms with Gasteiger partial charge in [-0.05, 0) is 12.0 Å². The highest BCUT2D eigenvalue weighted by Gasteiger charge is 2.51. The van der Waals surface area contributed by atoms with Gasteiger partial charge >= 0.3 is 0 Å². The highest BCUT2D eigenvalue weighted by molar-refractivity contribution is 5.29. The van der Waals surface area contributed by atoms with Gasteiger partial charge in [-0.25, -0.2) is 4.39 Å². The molecular formula is C13H16FNO2. The van der Waals surface area contributed by atoms with Crippen LogP contribution in [0.25, 0.3) is 0 Å². The predicted octanol–water partition coefficient (Wildman–Crippen LogP) is 1.84. The van der Waals surface area contributed by atoms with E-state index in [0.29, 0.717) is 31.3 Å². The van der Waals surface area contributed by atoms with Crippen LogP contribution in [0.4, 0.5) is 4.39 Å². The molecule has 1 N–H and O–H groups in total. The van der Waals surface area contributed by atoms with E-state index in [9.17, 15) is 4.39 Å². The van der Waals surface area contributed by atoms with E-state index in [-0.39, 0.29) is 11.7 Å². The van der Waals surface area contributed by atoms with Gasteiger partial charge in [0, 0.05) is 18.1 Å². The molecule has 17 heavy (non-hydrogen) atoms. The van der Waals surface area contributed by atoms with Crippen molar-refractivity contribution in [3.05, 3.63) is 35.6 Å². The normalized spacial score (nSPS) is 36.8. The summed E-state index contributed by atoms with van der Waals surface area (Å²) in [6.45, 7) is 3.91. The van der Waals surface area contributed by atoms with Crippen molar-refractivity contribution in [3.8, 4) is 0 Å². The second-order valence-electron chi connectivity index (χ2n) is 4.96. The fraction of sp³-hybridized carbons (Fsp3) is 0.538. The Morgan fingerprint density at radius 2 is 2.18 bits per heavy atom. The molecule has 0 saturated carbocycles. The average molecular weight is 237 g/mol. The molecule has 2 aliphatic rings. The van der Waals surface area contributed by atoms with Gasteiger partial charge in [0.15, 0.2) is 0 Å². The molecule has 3 atom stereocenters. The molecular weight excluding hydrogens is 221 g/mol. The summed E-state index contributed by atoms with van der Waals surface area (Å²) in [5, 5.41) is 0. The first-order chi connectivity index (χ1) is 8.24. The van der Waals surface area contributed by atoms with Gasteiger partial charge in [-0.15, -0.1) is 0 Å². The minimum absolute atomic E-state index is 0.201. The van der Waals surface area contributed by atoms with Gasteiger partial charge in [-0.3, -0.25) is 0 Å². The zero-order valence-corrected chi connectivity index (χ0v) is 9.78. The SMILES string of the molecule is CC1COC[C@]2(c3ccccc3F)NOC[C@H]12. The minimum atomic E-state index is -0.525. The topological polar surface area (TPSA) is 30.5 Å². The third kappa shape index (κ3) is 1.59. The summed E-state index contributed by atoms with van der Waals surface area (Å²) in [5.74, 6) is 0.416. The first-order valence-corrected chi connectivity index (χ1v) is 5.96. The van der Waals surface area contributed by atoms with Crippen LogP contribution in [0.15, 0.2) is 24.3 Å². The number of hydroxylamine groups is 1. The van der Waals surface area contributed by atoms with Crippen LogP contribution in [0.5, 0.6) is 0 Å². The Morgan fingerprint density at radius 3 is 3.00 bits per heavy atom. The lowest BCUT2D eigenvalue weighted by Crippen LogP contribution is -2.52. The molecule has 92 valence electrons. The quantitative estimate of drug-likeness (QED) is 0.808. The van der Waals surface area contributed by atoms with Gasteiger partial charge < -0.3 is 9.57 Å². The smallest absolute Gasteiger partial charge is 0.128 e. The van der Waals surface area contributed by atoms with Gasteiger partial charge in [-0.1, -0.05) is 25.1 Å². The fourth-order valence-electron chi connectivity index (χ4n) is 2.94. The second-order valence-corrected chi connectivity index (χ2v) is 4.96. The van der Waals surface area contributed by atoms with E-state index in [1.165, 1.54) is 6.07 Å². The number of fused-ring (bicyclic) bond motifs is 1. The summed E-state index contributed by atoms with van der Waals surface area (Å²) in [5.41, 5.74) is 3.12. The van der Waals surface area contributed by atoms with Gasteiger partial charge in [0.25, 0.3) is 0 Å². The Hall–Kier alpha value is -0.970. The van der Waals surface area contributed by atoms with Crippen molar-refractivity contribution in [3.63, 3.8) is 0 Å². The predicted molar refractivity (Wildman–Crippen MR) is 60.6 cm³/mol.